The van der Waals surface area contributed by atoms with E-state index in [4.69, 9.17) is 14.2 Å². The molecule has 404 valence electrons. The lowest BCUT2D eigenvalue weighted by Gasteiger charge is -2.36. The number of hydrogen-bond acceptors (Lipinski definition) is 6. The number of benzene rings is 6. The Morgan fingerprint density at radius 1 is 0.338 bits per heavy atom. The molecule has 0 aliphatic carbocycles. The molecular weight excluding hydrogens is 945 g/mol. The van der Waals surface area contributed by atoms with Crippen molar-refractivity contribution in [1.82, 2.24) is 0 Å². The Kier molecular flexibility index (Phi) is 25.7. The molecule has 0 heterocycles. The highest BCUT2D eigenvalue weighted by Gasteiger charge is 2.26. The topological polar surface area (TPSA) is 99.1 Å². The van der Waals surface area contributed by atoms with Crippen molar-refractivity contribution in [3.63, 3.8) is 0 Å². The summed E-state index contributed by atoms with van der Waals surface area (Å²) in [6, 6.07) is 55.5. The first-order valence-electron chi connectivity index (χ1n) is 29.4. The molecule has 7 nitrogen and oxygen atoms in total. The molecule has 0 N–H and O–H groups in total. The van der Waals surface area contributed by atoms with E-state index in [1.807, 2.05) is 72.8 Å². The highest BCUT2D eigenvalue weighted by molar-refractivity contribution is 5.73. The van der Waals surface area contributed by atoms with Crippen LogP contribution in [0.4, 0.5) is 0 Å². The van der Waals surface area contributed by atoms with E-state index in [1.54, 1.807) is 0 Å². The summed E-state index contributed by atoms with van der Waals surface area (Å²) in [7, 11) is 2.49. The molecular formula is C70H87N4O3+. The van der Waals surface area contributed by atoms with Gasteiger partial charge >= 0.3 is 0 Å². The average molecular weight is 1030 g/mol. The Bertz CT molecular complexity index is 2450. The van der Waals surface area contributed by atoms with Crippen molar-refractivity contribution in [2.75, 3.05) is 26.7 Å². The number of rotatable bonds is 36. The Labute approximate surface area is 464 Å². The van der Waals surface area contributed by atoms with Crippen LogP contribution in [0.15, 0.2) is 146 Å². The highest BCUT2D eigenvalue weighted by atomic mass is 16.5. The lowest BCUT2D eigenvalue weighted by atomic mass is 10.0. The van der Waals surface area contributed by atoms with Gasteiger partial charge in [0.1, 0.15) is 17.2 Å². The molecule has 0 amide bonds. The zero-order chi connectivity index (χ0) is 54.3. The van der Waals surface area contributed by atoms with E-state index < -0.39 is 0 Å². The second-order valence-corrected chi connectivity index (χ2v) is 21.5. The summed E-state index contributed by atoms with van der Waals surface area (Å²) in [5.74, 6) is 2.73. The number of unbranched alkanes of at least 4 members (excludes halogenated alkanes) is 9. The first-order chi connectivity index (χ1) is 37.8. The Hall–Kier alpha value is -6.85. The molecule has 7 heteroatoms. The van der Waals surface area contributed by atoms with Gasteiger partial charge in [-0.25, -0.2) is 0 Å². The summed E-state index contributed by atoms with van der Waals surface area (Å²) < 4.78 is 22.2. The van der Waals surface area contributed by atoms with Gasteiger partial charge in [0.2, 0.25) is 0 Å². The average Bonchev–Trinajstić information content (AvgIpc) is 3.47. The number of quaternary nitrogens is 1. The molecule has 0 fully saturated rings. The van der Waals surface area contributed by atoms with E-state index in [2.05, 4.69) is 119 Å². The molecule has 77 heavy (non-hydrogen) atoms. The molecule has 3 unspecified atom stereocenters. The third-order valence-corrected chi connectivity index (χ3v) is 15.3. The Morgan fingerprint density at radius 3 is 0.857 bits per heavy atom. The maximum absolute atomic E-state index is 9.50. The first-order valence-corrected chi connectivity index (χ1v) is 29.4. The molecule has 6 aromatic carbocycles. The van der Waals surface area contributed by atoms with E-state index >= 15 is 0 Å². The van der Waals surface area contributed by atoms with Crippen LogP contribution in [-0.4, -0.2) is 49.5 Å². The normalized spacial score (nSPS) is 13.1. The molecule has 6 aromatic rings. The molecule has 0 aliphatic rings. The number of para-hydroxylation sites is 3. The molecule has 0 bridgehead atoms. The van der Waals surface area contributed by atoms with Crippen LogP contribution in [0.3, 0.4) is 0 Å². The van der Waals surface area contributed by atoms with Crippen molar-refractivity contribution >= 4 is 0 Å². The number of hydrogen-bond donors (Lipinski definition) is 0. The maximum Gasteiger partial charge on any atom is 0.127 e. The fourth-order valence-electron chi connectivity index (χ4n) is 10.8. The monoisotopic (exact) mass is 1030 g/mol. The SMILES string of the molecule is CCCCCCC(CCC[N+](C)(CCCC(CCCCCC)Oc1ccccc1-c1ccc(C#N)cc1)CCCC(CCCCCC)Oc1ccccc1-c1ccc(C#N)cc1)Oc1ccccc1-c1ccc(C#N)cc1. The zero-order valence-corrected chi connectivity index (χ0v) is 47.1. The standard InChI is InChI=1S/C70H87N4O3/c1-5-8-11-14-26-62(75-68-35-20-17-32-65(68)59-44-38-56(53-71)39-45-59)29-23-50-74(4,51-24-30-63(27-15-12-9-6-2)76-69-36-21-18-33-66(69)60-46-40-57(54-72)41-47-60)52-25-31-64(28-16-13-10-7-3)77-70-37-22-19-34-67(70)61-48-42-58(55-73)43-49-61/h17-22,32-49,62-64H,5-16,23-31,50-52H2,1-4H3/q+1. The van der Waals surface area contributed by atoms with E-state index in [9.17, 15) is 15.8 Å². The van der Waals surface area contributed by atoms with Gasteiger partial charge < -0.3 is 18.7 Å². The largest absolute Gasteiger partial charge is 0.490 e. The molecule has 3 atom stereocenters. The van der Waals surface area contributed by atoms with Gasteiger partial charge in [-0.3, -0.25) is 0 Å². The fourth-order valence-corrected chi connectivity index (χ4v) is 10.8. The summed E-state index contributed by atoms with van der Waals surface area (Å²) in [5.41, 5.74) is 8.33. The van der Waals surface area contributed by atoms with Gasteiger partial charge in [-0.1, -0.05) is 170 Å². The molecule has 0 aromatic heterocycles. The smallest absolute Gasteiger partial charge is 0.127 e. The second-order valence-electron chi connectivity index (χ2n) is 21.5. The summed E-state index contributed by atoms with van der Waals surface area (Å²) in [6.45, 7) is 9.98. The van der Waals surface area contributed by atoms with E-state index in [1.165, 1.54) is 57.8 Å². The third kappa shape index (κ3) is 19.9. The minimum Gasteiger partial charge on any atom is -0.490 e. The van der Waals surface area contributed by atoms with Crippen molar-refractivity contribution < 1.29 is 18.7 Å². The van der Waals surface area contributed by atoms with Gasteiger partial charge in [-0.15, -0.1) is 0 Å². The second kappa shape index (κ2) is 33.3. The lowest BCUT2D eigenvalue weighted by molar-refractivity contribution is -0.910. The maximum atomic E-state index is 9.50. The van der Waals surface area contributed by atoms with Gasteiger partial charge in [0, 0.05) is 36.0 Å². The van der Waals surface area contributed by atoms with E-state index in [-0.39, 0.29) is 18.3 Å². The van der Waals surface area contributed by atoms with E-state index in [0.717, 1.165) is 152 Å². The van der Waals surface area contributed by atoms with Crippen LogP contribution in [0.2, 0.25) is 0 Å². The predicted octanol–water partition coefficient (Wildman–Crippen LogP) is 18.6. The van der Waals surface area contributed by atoms with Gasteiger partial charge in [-0.05, 0) is 129 Å². The van der Waals surface area contributed by atoms with Crippen LogP contribution in [-0.2, 0) is 0 Å². The summed E-state index contributed by atoms with van der Waals surface area (Å²) in [5, 5.41) is 28.5. The van der Waals surface area contributed by atoms with Crippen LogP contribution in [0.25, 0.3) is 33.4 Å². The van der Waals surface area contributed by atoms with Gasteiger partial charge in [-0.2, -0.15) is 15.8 Å². The van der Waals surface area contributed by atoms with Gasteiger partial charge in [0.05, 0.1) is 79.9 Å². The minimum absolute atomic E-state index is 0.0917. The van der Waals surface area contributed by atoms with Crippen molar-refractivity contribution in [3.8, 4) is 68.8 Å². The fraction of sp³-hybridized carbons (Fsp3) is 0.443. The molecule has 0 saturated carbocycles. The van der Waals surface area contributed by atoms with Crippen LogP contribution < -0.4 is 14.2 Å². The number of nitrogens with zero attached hydrogens (tertiary/aromatic N) is 4. The van der Waals surface area contributed by atoms with Crippen LogP contribution >= 0.6 is 0 Å². The number of nitriles is 3. The van der Waals surface area contributed by atoms with Crippen LogP contribution in [0.1, 0.15) is 172 Å². The van der Waals surface area contributed by atoms with E-state index in [0.29, 0.717) is 16.7 Å². The number of ether oxygens (including phenoxy) is 3. The molecule has 0 spiro atoms. The van der Waals surface area contributed by atoms with Crippen LogP contribution in [0.5, 0.6) is 17.2 Å². The molecule has 0 radical (unpaired) electrons. The molecule has 6 rings (SSSR count). The summed E-state index contributed by atoms with van der Waals surface area (Å²) >= 11 is 0. The first kappa shape index (κ1) is 59.4. The predicted molar refractivity (Wildman–Crippen MR) is 318 cm³/mol. The van der Waals surface area contributed by atoms with Crippen LogP contribution in [0, 0.1) is 34.0 Å². The minimum atomic E-state index is 0.0917. The highest BCUT2D eigenvalue weighted by Crippen LogP contribution is 2.36. The molecule has 0 saturated heterocycles. The molecule has 0 aliphatic heterocycles. The lowest BCUT2D eigenvalue weighted by Crippen LogP contribution is -2.47. The summed E-state index contributed by atoms with van der Waals surface area (Å²) in [6.07, 6.45) is 23.8. The van der Waals surface area contributed by atoms with Gasteiger partial charge in [0.25, 0.3) is 0 Å². The summed E-state index contributed by atoms with van der Waals surface area (Å²) in [4.78, 5) is 0. The van der Waals surface area contributed by atoms with Crippen molar-refractivity contribution in [3.05, 3.63) is 162 Å². The third-order valence-electron chi connectivity index (χ3n) is 15.3. The quantitative estimate of drug-likeness (QED) is 0.0287. The van der Waals surface area contributed by atoms with Crippen molar-refractivity contribution in [2.45, 2.75) is 174 Å². The van der Waals surface area contributed by atoms with Gasteiger partial charge in [0.15, 0.2) is 0 Å². The van der Waals surface area contributed by atoms with Crippen molar-refractivity contribution in [2.24, 2.45) is 0 Å². The Morgan fingerprint density at radius 2 is 0.597 bits per heavy atom. The van der Waals surface area contributed by atoms with Crippen molar-refractivity contribution in [1.29, 1.82) is 15.8 Å². The zero-order valence-electron chi connectivity index (χ0n) is 47.1. The Balaban J connectivity index is 1.22.